The Kier molecular flexibility index (Phi) is 5.83. The number of rotatable bonds is 4. The van der Waals surface area contributed by atoms with Crippen LogP contribution in [0.15, 0.2) is 0 Å². The number of nitrogens with zero attached hydrogens (tertiary/aromatic N) is 2. The summed E-state index contributed by atoms with van der Waals surface area (Å²) in [6.45, 7) is 0. The third-order valence-electron chi connectivity index (χ3n) is 1.67. The van der Waals surface area contributed by atoms with Crippen LogP contribution in [0.2, 0.25) is 0 Å². The summed E-state index contributed by atoms with van der Waals surface area (Å²) in [6, 6.07) is 0. The molecular weight excluding hydrogens is 411 g/mol. The fourth-order valence-electron chi connectivity index (χ4n) is 1.00. The van der Waals surface area contributed by atoms with Crippen LogP contribution in [0.5, 0.6) is 0 Å². The minimum Gasteiger partial charge on any atom is -0.543 e. The van der Waals surface area contributed by atoms with Crippen molar-refractivity contribution in [1.29, 1.82) is 0 Å². The molecule has 0 aliphatic carbocycles. The summed E-state index contributed by atoms with van der Waals surface area (Å²) in [4.78, 5) is 47.6. The molecule has 0 saturated carbocycles. The van der Waals surface area contributed by atoms with Gasteiger partial charge < -0.3 is 39.6 Å². The Bertz CT molecular complexity index is 486. The van der Waals surface area contributed by atoms with Gasteiger partial charge in [0.2, 0.25) is 0 Å². The number of carboxylic acid groups (broad SMARTS) is 4. The predicted octanol–water partition coefficient (Wildman–Crippen LogP) is -6.07. The first-order valence-corrected chi connectivity index (χ1v) is 4.03. The Labute approximate surface area is 134 Å². The molecule has 0 aliphatic heterocycles. The third-order valence-corrected chi connectivity index (χ3v) is 1.67. The van der Waals surface area contributed by atoms with Crippen molar-refractivity contribution in [3.05, 3.63) is 22.8 Å². The molecule has 0 atom stereocenters. The van der Waals surface area contributed by atoms with Crippen LogP contribution in [0.3, 0.4) is 0 Å². The van der Waals surface area contributed by atoms with E-state index in [1.54, 1.807) is 0 Å². The van der Waals surface area contributed by atoms with Gasteiger partial charge in [0.15, 0.2) is 0 Å². The second-order valence-electron chi connectivity index (χ2n) is 2.77. The molecule has 0 fully saturated rings. The minimum atomic E-state index is -2.17. The van der Waals surface area contributed by atoms with Crippen molar-refractivity contribution in [2.75, 3.05) is 0 Å². The Balaban J connectivity index is 0.00000324. The van der Waals surface area contributed by atoms with E-state index in [-0.39, 0.29) is 38.6 Å². The van der Waals surface area contributed by atoms with E-state index in [9.17, 15) is 39.6 Å². The predicted molar refractivity (Wildman–Crippen MR) is 39.4 cm³/mol. The number of aromatic nitrogens is 2. The average molecular weight is 411 g/mol. The molecule has 1 aromatic heterocycles. The van der Waals surface area contributed by atoms with Gasteiger partial charge >= 0.3 is 38.6 Å². The summed E-state index contributed by atoms with van der Waals surface area (Å²) in [5.74, 6) is -8.69. The summed E-state index contributed by atoms with van der Waals surface area (Å²) in [5, 5.41) is 42.0. The van der Waals surface area contributed by atoms with E-state index in [1.165, 1.54) is 0 Å². The molecule has 10 nitrogen and oxygen atoms in total. The van der Waals surface area contributed by atoms with Crippen LogP contribution in [-0.2, 0) is 0 Å². The quantitative estimate of drug-likeness (QED) is 0.462. The van der Waals surface area contributed by atoms with Crippen LogP contribution in [-0.4, -0.2) is 33.8 Å². The Hall–Kier alpha value is -1.75. The Morgan fingerprint density at radius 3 is 0.842 bits per heavy atom. The van der Waals surface area contributed by atoms with Crippen molar-refractivity contribution < 1.29 is 78.2 Å². The molecule has 0 N–H and O–H groups in total. The zero-order chi connectivity index (χ0) is 14.0. The van der Waals surface area contributed by atoms with Gasteiger partial charge in [0.25, 0.3) is 0 Å². The zero-order valence-corrected chi connectivity index (χ0v) is 10.6. The van der Waals surface area contributed by atoms with Crippen LogP contribution in [0, 0.1) is 38.6 Å². The number of aromatic carboxylic acids is 4. The van der Waals surface area contributed by atoms with E-state index in [2.05, 4.69) is 9.97 Å². The second-order valence-corrected chi connectivity index (χ2v) is 2.77. The van der Waals surface area contributed by atoms with E-state index in [0.717, 1.165) is 0 Å². The summed E-state index contributed by atoms with van der Waals surface area (Å²) in [7, 11) is 0. The van der Waals surface area contributed by atoms with Gasteiger partial charge in [-0.2, -0.15) is 0 Å². The molecule has 11 heteroatoms. The van der Waals surface area contributed by atoms with Crippen LogP contribution < -0.4 is 20.4 Å². The average Bonchev–Trinajstić information content (AvgIpc) is 2.26. The molecule has 0 amide bonds. The molecule has 0 aromatic carbocycles. The first kappa shape index (κ1) is 17.2. The summed E-state index contributed by atoms with van der Waals surface area (Å²) in [5.41, 5.74) is -5.56. The molecule has 0 unspecified atom stereocenters. The van der Waals surface area contributed by atoms with Gasteiger partial charge in [-0.05, 0) is 0 Å². The van der Waals surface area contributed by atoms with Crippen LogP contribution >= 0.6 is 0 Å². The topological polar surface area (TPSA) is 186 Å². The number of hydrogen-bond donors (Lipinski definition) is 0. The first-order valence-electron chi connectivity index (χ1n) is 4.03. The van der Waals surface area contributed by atoms with E-state index >= 15 is 0 Å². The molecule has 99 valence electrons. The van der Waals surface area contributed by atoms with Crippen LogP contribution in [0.4, 0.5) is 0 Å². The smallest absolute Gasteiger partial charge is 0.543 e. The number of carboxylic acids is 4. The monoisotopic (exact) mass is 411 g/mol. The minimum absolute atomic E-state index is 0. The van der Waals surface area contributed by atoms with Gasteiger partial charge in [0.05, 0.1) is 23.9 Å². The second kappa shape index (κ2) is 6.42. The fourth-order valence-corrected chi connectivity index (χ4v) is 1.00. The zero-order valence-electron chi connectivity index (χ0n) is 8.49. The van der Waals surface area contributed by atoms with E-state index in [4.69, 9.17) is 0 Å². The Morgan fingerprint density at radius 2 is 0.737 bits per heavy atom. The van der Waals surface area contributed by atoms with Crippen molar-refractivity contribution in [2.45, 2.75) is 0 Å². The summed E-state index contributed by atoms with van der Waals surface area (Å²) >= 11 is 0. The van der Waals surface area contributed by atoms with E-state index in [1.807, 2.05) is 0 Å². The molecule has 1 rings (SSSR count). The summed E-state index contributed by atoms with van der Waals surface area (Å²) < 4.78 is 0. The molecule has 1 radical (unpaired) electrons. The van der Waals surface area contributed by atoms with Gasteiger partial charge in [0.1, 0.15) is 22.8 Å². The standard InChI is InChI=1S/C8H4N2O8.Tb/c11-5(12)1-2(6(13)14)10-4(8(17)18)3(9-1)7(15)16;/h(H,11,12)(H,13,14)(H,15,16)(H,17,18);/q;+4/p-4. The van der Waals surface area contributed by atoms with Crippen molar-refractivity contribution >= 4 is 23.9 Å². The van der Waals surface area contributed by atoms with Crippen molar-refractivity contribution in [3.8, 4) is 0 Å². The maximum absolute atomic E-state index is 10.5. The number of carbonyl (C=O) groups excluding carboxylic acids is 4. The number of carbonyl (C=O) groups is 4. The Morgan fingerprint density at radius 1 is 0.579 bits per heavy atom. The summed E-state index contributed by atoms with van der Waals surface area (Å²) in [6.07, 6.45) is 0. The van der Waals surface area contributed by atoms with Crippen molar-refractivity contribution in [3.63, 3.8) is 0 Å². The van der Waals surface area contributed by atoms with Gasteiger partial charge in [0, 0.05) is 0 Å². The van der Waals surface area contributed by atoms with Crippen LogP contribution in [0.1, 0.15) is 42.0 Å². The van der Waals surface area contributed by atoms with Crippen LogP contribution in [0.25, 0.3) is 0 Å². The molecule has 0 saturated heterocycles. The molecule has 0 bridgehead atoms. The van der Waals surface area contributed by atoms with Gasteiger partial charge in [-0.1, -0.05) is 0 Å². The molecule has 1 aromatic rings. The largest absolute Gasteiger partial charge is 4.00 e. The molecule has 0 spiro atoms. The molecule has 19 heavy (non-hydrogen) atoms. The normalized spacial score (nSPS) is 9.26. The van der Waals surface area contributed by atoms with Crippen molar-refractivity contribution in [1.82, 2.24) is 9.97 Å². The molecule has 1 heterocycles. The van der Waals surface area contributed by atoms with E-state index < -0.39 is 46.7 Å². The fraction of sp³-hybridized carbons (Fsp3) is 0. The maximum atomic E-state index is 10.5. The molecule has 0 aliphatic rings. The maximum Gasteiger partial charge on any atom is 4.00 e. The van der Waals surface area contributed by atoms with Gasteiger partial charge in [-0.3, -0.25) is 0 Å². The molecular formula is C8N2O8Tb. The van der Waals surface area contributed by atoms with Gasteiger partial charge in [-0.25, -0.2) is 9.97 Å². The first-order chi connectivity index (χ1) is 8.25. The third kappa shape index (κ3) is 3.60. The van der Waals surface area contributed by atoms with Gasteiger partial charge in [-0.15, -0.1) is 0 Å². The SMILES string of the molecule is O=C([O-])c1nc(C(=O)[O-])c(C(=O)[O-])nc1C(=O)[O-].[Tb+4]. The van der Waals surface area contributed by atoms with Crippen molar-refractivity contribution in [2.24, 2.45) is 0 Å². The number of hydrogen-bond acceptors (Lipinski definition) is 10. The van der Waals surface area contributed by atoms with E-state index in [0.29, 0.717) is 0 Å².